The molecule has 2 rings (SSSR count). The normalized spacial score (nSPS) is 14.5. The molecule has 0 amide bonds. The fraction of sp³-hybridized carbons (Fsp3) is 0.462. The summed E-state index contributed by atoms with van der Waals surface area (Å²) in [6, 6.07) is 25.2. The minimum atomic E-state index is -1.68. The molecule has 0 aliphatic carbocycles. The van der Waals surface area contributed by atoms with Crippen LogP contribution in [0.25, 0.3) is 0 Å². The quantitative estimate of drug-likeness (QED) is 0.281. The van der Waals surface area contributed by atoms with E-state index < -0.39 is 8.32 Å². The van der Waals surface area contributed by atoms with Crippen LogP contribution in [0.5, 0.6) is 0 Å². The summed E-state index contributed by atoms with van der Waals surface area (Å²) >= 11 is 0. The molecule has 28 heavy (non-hydrogen) atoms. The van der Waals surface area contributed by atoms with Gasteiger partial charge in [-0.05, 0) is 41.6 Å². The van der Waals surface area contributed by atoms with Gasteiger partial charge in [0.05, 0.1) is 6.10 Å². The predicted octanol–water partition coefficient (Wildman–Crippen LogP) is 7.62. The third-order valence-corrected chi connectivity index (χ3v) is 10.7. The van der Waals surface area contributed by atoms with Crippen molar-refractivity contribution >= 4 is 8.32 Å². The van der Waals surface area contributed by atoms with Crippen LogP contribution in [-0.2, 0) is 10.8 Å². The number of hydrogen-bond acceptors (Lipinski definition) is 1. The second-order valence-corrected chi connectivity index (χ2v) is 12.8. The average Bonchev–Trinajstić information content (AvgIpc) is 2.74. The molecule has 1 nitrogen and oxygen atoms in total. The third-order valence-electron chi connectivity index (χ3n) is 6.05. The van der Waals surface area contributed by atoms with Crippen molar-refractivity contribution in [2.24, 2.45) is 5.92 Å². The Hall–Kier alpha value is -1.64. The van der Waals surface area contributed by atoms with Crippen LogP contribution in [0.4, 0.5) is 0 Å². The van der Waals surface area contributed by atoms with Crippen LogP contribution >= 0.6 is 0 Å². The number of rotatable bonds is 11. The lowest BCUT2D eigenvalue weighted by Crippen LogP contribution is -2.43. The molecule has 2 atom stereocenters. The first kappa shape index (κ1) is 22.6. The Bertz CT molecular complexity index is 681. The molecule has 2 aromatic carbocycles. The van der Waals surface area contributed by atoms with Gasteiger partial charge in [-0.1, -0.05) is 107 Å². The molecule has 152 valence electrons. The van der Waals surface area contributed by atoms with E-state index in [1.165, 1.54) is 29.3 Å². The maximum atomic E-state index is 7.05. The Morgan fingerprint density at radius 1 is 0.821 bits per heavy atom. The summed E-state index contributed by atoms with van der Waals surface area (Å²) in [5, 5.41) is 0. The van der Waals surface area contributed by atoms with E-state index in [1.807, 2.05) is 0 Å². The summed E-state index contributed by atoms with van der Waals surface area (Å²) in [5.74, 6) is 0.768. The van der Waals surface area contributed by atoms with E-state index >= 15 is 0 Å². The minimum absolute atomic E-state index is 0.223. The van der Waals surface area contributed by atoms with Crippen LogP contribution in [0.1, 0.15) is 51.7 Å². The zero-order valence-electron chi connectivity index (χ0n) is 18.4. The lowest BCUT2D eigenvalue weighted by molar-refractivity contribution is 0.123. The van der Waals surface area contributed by atoms with E-state index in [1.54, 1.807) is 0 Å². The summed E-state index contributed by atoms with van der Waals surface area (Å²) in [6.07, 6.45) is 5.92. The highest BCUT2D eigenvalue weighted by Crippen LogP contribution is 2.34. The molecule has 0 aliphatic rings. The zero-order valence-corrected chi connectivity index (χ0v) is 19.4. The van der Waals surface area contributed by atoms with Gasteiger partial charge >= 0.3 is 0 Å². The molecular formula is C26H38OSi. The van der Waals surface area contributed by atoms with E-state index in [0.717, 1.165) is 6.42 Å². The van der Waals surface area contributed by atoms with Crippen molar-refractivity contribution in [2.75, 3.05) is 0 Å². The van der Waals surface area contributed by atoms with Gasteiger partial charge in [0.25, 0.3) is 0 Å². The van der Waals surface area contributed by atoms with Crippen molar-refractivity contribution in [3.63, 3.8) is 0 Å². The Kier molecular flexibility index (Phi) is 9.20. The van der Waals surface area contributed by atoms with Gasteiger partial charge in [0, 0.05) is 5.92 Å². The molecule has 0 unspecified atom stereocenters. The first-order valence-electron chi connectivity index (χ1n) is 11.0. The molecule has 0 aromatic heterocycles. The van der Waals surface area contributed by atoms with Gasteiger partial charge in [0.1, 0.15) is 0 Å². The lowest BCUT2D eigenvalue weighted by Gasteiger charge is -2.38. The fourth-order valence-corrected chi connectivity index (χ4v) is 6.96. The van der Waals surface area contributed by atoms with Crippen LogP contribution in [-0.4, -0.2) is 14.4 Å². The van der Waals surface area contributed by atoms with Crippen molar-refractivity contribution in [1.29, 1.82) is 0 Å². The van der Waals surface area contributed by atoms with E-state index in [-0.39, 0.29) is 6.10 Å². The van der Waals surface area contributed by atoms with Gasteiger partial charge in [0.2, 0.25) is 0 Å². The summed E-state index contributed by atoms with van der Waals surface area (Å²) in [5.41, 5.74) is 2.71. The molecule has 0 radical (unpaired) electrons. The van der Waals surface area contributed by atoms with Crippen molar-refractivity contribution < 1.29 is 4.43 Å². The number of benzene rings is 2. The molecule has 0 saturated heterocycles. The minimum Gasteiger partial charge on any atom is -0.413 e. The topological polar surface area (TPSA) is 9.23 Å². The number of hydrogen-bond donors (Lipinski definition) is 0. The highest BCUT2D eigenvalue weighted by molar-refractivity contribution is 6.73. The first-order valence-corrected chi connectivity index (χ1v) is 13.5. The molecule has 0 aliphatic heterocycles. The first-order chi connectivity index (χ1) is 13.5. The second-order valence-electron chi connectivity index (χ2n) is 8.12. The second kappa shape index (κ2) is 11.4. The van der Waals surface area contributed by atoms with Gasteiger partial charge in [-0.3, -0.25) is 0 Å². The summed E-state index contributed by atoms with van der Waals surface area (Å²) in [4.78, 5) is 0. The van der Waals surface area contributed by atoms with Gasteiger partial charge in [0.15, 0.2) is 8.32 Å². The van der Waals surface area contributed by atoms with Crippen molar-refractivity contribution in [3.05, 3.63) is 83.9 Å². The Labute approximate surface area is 174 Å². The van der Waals surface area contributed by atoms with Crippen molar-refractivity contribution in [3.8, 4) is 0 Å². The fourth-order valence-electron chi connectivity index (χ4n) is 3.96. The van der Waals surface area contributed by atoms with Crippen molar-refractivity contribution in [2.45, 2.75) is 71.2 Å². The number of allylic oxidation sites excluding steroid dienone is 1. The predicted molar refractivity (Wildman–Crippen MR) is 125 cm³/mol. The largest absolute Gasteiger partial charge is 0.413 e. The van der Waals surface area contributed by atoms with Gasteiger partial charge in [-0.15, -0.1) is 0 Å². The lowest BCUT2D eigenvalue weighted by atomic mass is 9.86. The monoisotopic (exact) mass is 394 g/mol. The van der Waals surface area contributed by atoms with E-state index in [0.29, 0.717) is 11.8 Å². The van der Waals surface area contributed by atoms with Gasteiger partial charge < -0.3 is 4.43 Å². The van der Waals surface area contributed by atoms with E-state index in [9.17, 15) is 0 Å². The molecular weight excluding hydrogens is 356 g/mol. The highest BCUT2D eigenvalue weighted by Gasteiger charge is 2.36. The zero-order chi connectivity index (χ0) is 20.4. The Morgan fingerprint density at radius 2 is 1.36 bits per heavy atom. The third kappa shape index (κ3) is 6.18. The molecule has 0 bridgehead atoms. The standard InChI is InChI=1S/C26H38OSi/c1-6-28(7-2,8-3)27-26(22(4)5)25(24-19-13-10-14-20-24)21-15-18-23-16-11-9-12-17-23/h9-17,19-22,25-26H,6-8,18H2,1-5H3/b21-15-/t25-,26+/m1/s1. The molecule has 0 heterocycles. The molecule has 0 fully saturated rings. The van der Waals surface area contributed by atoms with Crippen LogP contribution in [0.15, 0.2) is 72.8 Å². The SMILES string of the molecule is CC[Si](CC)(CC)O[C@@H](C(C)C)[C@H](/C=C\Cc1ccccc1)c1ccccc1. The summed E-state index contributed by atoms with van der Waals surface area (Å²) in [7, 11) is -1.68. The van der Waals surface area contributed by atoms with Crippen LogP contribution in [0.3, 0.4) is 0 Å². The smallest absolute Gasteiger partial charge is 0.192 e. The maximum Gasteiger partial charge on any atom is 0.192 e. The molecule has 0 saturated carbocycles. The summed E-state index contributed by atoms with van der Waals surface area (Å²) in [6.45, 7) is 11.6. The van der Waals surface area contributed by atoms with E-state index in [2.05, 4.69) is 107 Å². The molecule has 0 N–H and O–H groups in total. The molecule has 2 aromatic rings. The van der Waals surface area contributed by atoms with Gasteiger partial charge in [-0.25, -0.2) is 0 Å². The highest BCUT2D eigenvalue weighted by atomic mass is 28.4. The van der Waals surface area contributed by atoms with Crippen LogP contribution in [0.2, 0.25) is 18.1 Å². The average molecular weight is 395 g/mol. The van der Waals surface area contributed by atoms with Crippen LogP contribution < -0.4 is 0 Å². The summed E-state index contributed by atoms with van der Waals surface area (Å²) < 4.78 is 7.05. The van der Waals surface area contributed by atoms with Crippen LogP contribution in [0, 0.1) is 5.92 Å². The maximum absolute atomic E-state index is 7.05. The van der Waals surface area contributed by atoms with Gasteiger partial charge in [-0.2, -0.15) is 0 Å². The van der Waals surface area contributed by atoms with Crippen molar-refractivity contribution in [1.82, 2.24) is 0 Å². The molecule has 0 spiro atoms. The van der Waals surface area contributed by atoms with E-state index in [4.69, 9.17) is 4.43 Å². The Morgan fingerprint density at radius 3 is 1.86 bits per heavy atom. The molecule has 2 heteroatoms. The Balaban J connectivity index is 2.32.